The fourth-order valence-corrected chi connectivity index (χ4v) is 12.3. The summed E-state index contributed by atoms with van der Waals surface area (Å²) in [5.41, 5.74) is 10.00. The molecule has 9 rings (SSSR count). The van der Waals surface area contributed by atoms with E-state index in [0.717, 1.165) is 107 Å². The molecule has 4 aromatic rings. The molecule has 4 heterocycles. The molecule has 1 fully saturated rings. The number of likely N-dealkylation sites (N-methyl/N-ethyl adjacent to an activating group) is 2. The van der Waals surface area contributed by atoms with Crippen molar-refractivity contribution in [3.63, 3.8) is 0 Å². The zero-order chi connectivity index (χ0) is 53.3. The molecule has 20 heteroatoms. The second kappa shape index (κ2) is 26.3. The highest BCUT2D eigenvalue weighted by molar-refractivity contribution is 6.35. The first-order chi connectivity index (χ1) is 36.8. The van der Waals surface area contributed by atoms with Gasteiger partial charge in [-0.05, 0) is 121 Å². The number of halogens is 4. The van der Waals surface area contributed by atoms with Crippen molar-refractivity contribution in [3.05, 3.63) is 136 Å². The second-order valence-electron chi connectivity index (χ2n) is 20.5. The third-order valence-electron chi connectivity index (χ3n) is 15.0. The van der Waals surface area contributed by atoms with E-state index in [9.17, 15) is 19.2 Å². The third kappa shape index (κ3) is 14.1. The minimum atomic E-state index is -0.247. The van der Waals surface area contributed by atoms with Gasteiger partial charge < -0.3 is 59.8 Å². The molecule has 0 radical (unpaired) electrons. The number of fused-ring (bicyclic) bond motifs is 4. The molecule has 76 heavy (non-hydrogen) atoms. The van der Waals surface area contributed by atoms with Gasteiger partial charge in [0.1, 0.15) is 0 Å². The highest BCUT2D eigenvalue weighted by atomic mass is 35.5. The van der Waals surface area contributed by atoms with Crippen molar-refractivity contribution in [2.75, 3.05) is 106 Å². The van der Waals surface area contributed by atoms with Crippen LogP contribution in [0.3, 0.4) is 0 Å². The molecule has 0 spiro atoms. The predicted molar refractivity (Wildman–Crippen MR) is 294 cm³/mol. The number of hydrogen-bond donors (Lipinski definition) is 4. The van der Waals surface area contributed by atoms with E-state index in [2.05, 4.69) is 69.4 Å². The zero-order valence-electron chi connectivity index (χ0n) is 43.2. The number of urea groups is 2. The maximum atomic E-state index is 13.4. The van der Waals surface area contributed by atoms with Crippen molar-refractivity contribution in [3.8, 4) is 0 Å². The van der Waals surface area contributed by atoms with E-state index in [-0.39, 0.29) is 47.8 Å². The van der Waals surface area contributed by atoms with Crippen LogP contribution in [0.5, 0.6) is 0 Å². The summed E-state index contributed by atoms with van der Waals surface area (Å²) in [6.45, 7) is 8.80. The molecule has 0 bridgehead atoms. The van der Waals surface area contributed by atoms with E-state index in [1.165, 1.54) is 0 Å². The number of carbonyl (C=O) groups excluding carboxylic acids is 4. The molecule has 4 aromatic carbocycles. The summed E-state index contributed by atoms with van der Waals surface area (Å²) in [5.74, 6) is 0.124. The molecular weight excluding hydrogens is 1050 g/mol. The van der Waals surface area contributed by atoms with Gasteiger partial charge >= 0.3 is 12.1 Å². The Morgan fingerprint density at radius 1 is 0.526 bits per heavy atom. The number of carbonyl (C=O) groups is 4. The molecule has 0 saturated heterocycles. The monoisotopic (exact) mass is 1120 g/mol. The van der Waals surface area contributed by atoms with Crippen molar-refractivity contribution < 1.29 is 38.1 Å². The summed E-state index contributed by atoms with van der Waals surface area (Å²) < 4.78 is 22.9. The number of hydrogen-bond acceptors (Lipinski definition) is 10. The summed E-state index contributed by atoms with van der Waals surface area (Å²) in [6, 6.07) is 19.5. The Morgan fingerprint density at radius 2 is 0.921 bits per heavy atom. The molecule has 4 aliphatic heterocycles. The Labute approximate surface area is 465 Å². The van der Waals surface area contributed by atoms with E-state index in [4.69, 9.17) is 65.4 Å². The summed E-state index contributed by atoms with van der Waals surface area (Å²) in [6.07, 6.45) is 3.02. The van der Waals surface area contributed by atoms with Crippen LogP contribution in [0.4, 0.5) is 9.59 Å². The van der Waals surface area contributed by atoms with Crippen LogP contribution in [-0.4, -0.2) is 162 Å². The Bertz CT molecular complexity index is 2560. The van der Waals surface area contributed by atoms with E-state index >= 15 is 0 Å². The third-order valence-corrected chi connectivity index (χ3v) is 16.1. The van der Waals surface area contributed by atoms with Gasteiger partial charge in [0.25, 0.3) is 11.8 Å². The van der Waals surface area contributed by atoms with Crippen molar-refractivity contribution in [1.29, 1.82) is 0 Å². The van der Waals surface area contributed by atoms with Gasteiger partial charge in [0.05, 0.1) is 52.9 Å². The van der Waals surface area contributed by atoms with Gasteiger partial charge in [-0.1, -0.05) is 70.7 Å². The molecular formula is C56H68Cl4N8O8. The van der Waals surface area contributed by atoms with E-state index < -0.39 is 0 Å². The predicted octanol–water partition coefficient (Wildman–Crippen LogP) is 8.04. The van der Waals surface area contributed by atoms with E-state index in [1.807, 2.05) is 34.1 Å². The number of nitrogens with zero attached hydrogens (tertiary/aromatic N) is 4. The van der Waals surface area contributed by atoms with Crippen LogP contribution in [0.2, 0.25) is 20.1 Å². The molecule has 16 nitrogen and oxygen atoms in total. The van der Waals surface area contributed by atoms with Crippen LogP contribution in [0.1, 0.15) is 103 Å². The number of nitrogens with one attached hydrogen (secondary N) is 4. The van der Waals surface area contributed by atoms with E-state index in [0.29, 0.717) is 112 Å². The van der Waals surface area contributed by atoms with Crippen molar-refractivity contribution >= 4 is 70.3 Å². The minimum Gasteiger partial charge on any atom is -0.377 e. The van der Waals surface area contributed by atoms with Gasteiger partial charge in [-0.15, -0.1) is 0 Å². The van der Waals surface area contributed by atoms with E-state index in [1.54, 1.807) is 12.1 Å². The smallest absolute Gasteiger partial charge is 0.315 e. The number of benzene rings is 4. The Kier molecular flexibility index (Phi) is 19.4. The molecule has 1 saturated carbocycles. The lowest BCUT2D eigenvalue weighted by Gasteiger charge is -2.33. The van der Waals surface area contributed by atoms with Gasteiger partial charge in [-0.2, -0.15) is 0 Å². The quantitative estimate of drug-likeness (QED) is 0.0566. The van der Waals surface area contributed by atoms with Crippen molar-refractivity contribution in [2.24, 2.45) is 0 Å². The Morgan fingerprint density at radius 3 is 1.33 bits per heavy atom. The molecule has 2 atom stereocenters. The van der Waals surface area contributed by atoms with Crippen LogP contribution in [-0.2, 0) is 45.1 Å². The van der Waals surface area contributed by atoms with Gasteiger partial charge in [0.2, 0.25) is 0 Å². The first kappa shape index (κ1) is 56.0. The number of ether oxygens (including phenoxy) is 4. The second-order valence-corrected chi connectivity index (χ2v) is 22.2. The normalized spacial score (nSPS) is 20.3. The maximum absolute atomic E-state index is 13.4. The van der Waals surface area contributed by atoms with Crippen molar-refractivity contribution in [1.82, 2.24) is 40.9 Å². The molecule has 6 amide bonds. The van der Waals surface area contributed by atoms with Crippen molar-refractivity contribution in [2.45, 2.75) is 75.8 Å². The van der Waals surface area contributed by atoms with Crippen LogP contribution < -0.4 is 21.3 Å². The minimum absolute atomic E-state index is 0.00258. The lowest BCUT2D eigenvalue weighted by Crippen LogP contribution is -2.49. The largest absolute Gasteiger partial charge is 0.377 e. The topological polar surface area (TPSA) is 166 Å². The Hall–Kier alpha value is -4.72. The zero-order valence-corrected chi connectivity index (χ0v) is 46.2. The molecule has 0 aromatic heterocycles. The van der Waals surface area contributed by atoms with Gasteiger partial charge in [-0.25, -0.2) is 9.59 Å². The van der Waals surface area contributed by atoms with Gasteiger partial charge in [0.15, 0.2) is 0 Å². The highest BCUT2D eigenvalue weighted by Gasteiger charge is 2.34. The maximum Gasteiger partial charge on any atom is 0.315 e. The summed E-state index contributed by atoms with van der Waals surface area (Å²) in [7, 11) is 4.15. The molecule has 408 valence electrons. The number of amides is 6. The standard InChI is InChI=1S/C56H68Cl4N8O8/c1-65-31-47(45-25-39(57)27-51(59)49(45)33-65)35-3-5-37-29-67(53(69)43(37)23-35)13-17-75-21-19-73-15-11-61-55(71)63-41-7-9-42(10-8-41)64-56(72)62-12-16-74-20-22-76-18-14-68-30-38-6-4-36(24-44(38)54(68)70)48-32-66(2)34-50-46(48)26-40(58)28-52(50)60/h3-6,23-28,41-42,47-48H,7-22,29-34H2,1-2H3,(H2,61,63,71)(H2,62,64,72)/t41-,42+,47?,48?. The fraction of sp³-hybridized carbons (Fsp3) is 0.500. The SMILES string of the molecule is CN1Cc2c(Cl)cc(Cl)cc2C(c2ccc3c(c2)C(=O)N(CCOCCOCCNC(=O)N[C@H]2CC[C@@H](NC(=O)NCCOCCOCCN4Cc5ccc(C6CN(C)Cc7c(Cl)cc(Cl)cc76)cc5C4=O)CC2)C3)C1. The van der Waals surface area contributed by atoms with Crippen LogP contribution in [0.25, 0.3) is 0 Å². The summed E-state index contributed by atoms with van der Waals surface area (Å²) >= 11 is 26.0. The molecule has 2 unspecified atom stereocenters. The lowest BCUT2D eigenvalue weighted by atomic mass is 9.84. The molecule has 4 N–H and O–H groups in total. The average molecular weight is 1120 g/mol. The summed E-state index contributed by atoms with van der Waals surface area (Å²) in [5, 5.41) is 14.3. The molecule has 5 aliphatic rings. The first-order valence-corrected chi connectivity index (χ1v) is 27.9. The van der Waals surface area contributed by atoms with Gasteiger partial charge in [-0.3, -0.25) is 9.59 Å². The fourth-order valence-electron chi connectivity index (χ4n) is 11.1. The van der Waals surface area contributed by atoms with Crippen LogP contribution in [0.15, 0.2) is 60.7 Å². The number of rotatable bonds is 22. The highest BCUT2D eigenvalue weighted by Crippen LogP contribution is 2.41. The lowest BCUT2D eigenvalue weighted by molar-refractivity contribution is 0.0376. The molecule has 1 aliphatic carbocycles. The van der Waals surface area contributed by atoms with Crippen LogP contribution in [0, 0.1) is 0 Å². The van der Waals surface area contributed by atoms with Gasteiger partial charge in [0, 0.05) is 121 Å². The van der Waals surface area contributed by atoms with Crippen LogP contribution >= 0.6 is 46.4 Å². The first-order valence-electron chi connectivity index (χ1n) is 26.3. The Balaban J connectivity index is 0.557. The average Bonchev–Trinajstić information content (AvgIpc) is 3.93. The summed E-state index contributed by atoms with van der Waals surface area (Å²) in [4.78, 5) is 60.0.